The van der Waals surface area contributed by atoms with Crippen LogP contribution in [0.2, 0.25) is 0 Å². The number of carbonyl (C=O) groups excluding carboxylic acids is 1. The van der Waals surface area contributed by atoms with Crippen LogP contribution in [0.3, 0.4) is 0 Å². The lowest BCUT2D eigenvalue weighted by Crippen LogP contribution is -2.58. The van der Waals surface area contributed by atoms with E-state index in [2.05, 4.69) is 19.4 Å². The van der Waals surface area contributed by atoms with Gasteiger partial charge in [0.2, 0.25) is 0 Å². The van der Waals surface area contributed by atoms with E-state index in [0.717, 1.165) is 12.4 Å². The Labute approximate surface area is 202 Å². The number of nitrogens with zero attached hydrogens (tertiary/aromatic N) is 2. The minimum Gasteiger partial charge on any atom is -0.484 e. The highest BCUT2D eigenvalue weighted by atomic mass is 35.5. The zero-order chi connectivity index (χ0) is 26.3. The summed E-state index contributed by atoms with van der Waals surface area (Å²) in [6.07, 6.45) is 2.72. The van der Waals surface area contributed by atoms with Gasteiger partial charge in [-0.25, -0.2) is 9.97 Å². The van der Waals surface area contributed by atoms with Crippen molar-refractivity contribution in [1.29, 1.82) is 0 Å². The van der Waals surface area contributed by atoms with E-state index in [4.69, 9.17) is 16.3 Å². The van der Waals surface area contributed by atoms with E-state index < -0.39 is 48.1 Å². The first-order valence-corrected chi connectivity index (χ1v) is 10.9. The molecule has 35 heavy (non-hydrogen) atoms. The van der Waals surface area contributed by atoms with Crippen LogP contribution in [0, 0.1) is 0 Å². The quantitative estimate of drug-likeness (QED) is 0.108. The minimum absolute atomic E-state index is 0.105. The van der Waals surface area contributed by atoms with Gasteiger partial charge in [-0.15, -0.1) is 11.6 Å². The zero-order valence-corrected chi connectivity index (χ0v) is 19.5. The minimum atomic E-state index is -5.72. The van der Waals surface area contributed by atoms with Crippen LogP contribution in [0.25, 0.3) is 11.4 Å². The molecule has 194 valence electrons. The maximum atomic E-state index is 14.0. The summed E-state index contributed by atoms with van der Waals surface area (Å²) in [6, 6.07) is 5.87. The first kappa shape index (κ1) is 28.6. The first-order chi connectivity index (χ1) is 16.3. The number of hydrogen-bond acceptors (Lipinski definition) is 6. The van der Waals surface area contributed by atoms with E-state index in [1.165, 1.54) is 31.2 Å². The number of carbonyl (C=O) groups is 1. The Bertz CT molecular complexity index is 959. The van der Waals surface area contributed by atoms with E-state index in [1.807, 2.05) is 0 Å². The Kier molecular flexibility index (Phi) is 9.73. The van der Waals surface area contributed by atoms with Crippen LogP contribution < -0.4 is 9.47 Å². The molecule has 0 bridgehead atoms. The normalized spacial score (nSPS) is 13.4. The molecule has 13 heteroatoms. The highest BCUT2D eigenvalue weighted by Crippen LogP contribution is 2.46. The number of halogens is 7. The number of hydrogen-bond donors (Lipinski definition) is 0. The molecule has 0 N–H and O–H groups in total. The van der Waals surface area contributed by atoms with Crippen LogP contribution in [-0.2, 0) is 9.53 Å². The van der Waals surface area contributed by atoms with E-state index in [-0.39, 0.29) is 18.2 Å². The maximum Gasteiger partial charge on any atom is 0.377 e. The van der Waals surface area contributed by atoms with Crippen LogP contribution in [0.5, 0.6) is 11.5 Å². The molecule has 0 saturated carbocycles. The van der Waals surface area contributed by atoms with Crippen LogP contribution in [0.4, 0.5) is 26.3 Å². The molecule has 0 amide bonds. The molecular weight excluding hydrogens is 506 g/mol. The summed E-state index contributed by atoms with van der Waals surface area (Å²) in [4.78, 5) is 19.2. The SMILES string of the molecule is CCCCOCC(F)(F)C(F)(F)C(F)(F)COc1cnc(-c2ccc(OC(=O)[C@H](C)Cl)cc2)nc1. The van der Waals surface area contributed by atoms with Gasteiger partial charge in [0, 0.05) is 12.2 Å². The van der Waals surface area contributed by atoms with E-state index in [1.54, 1.807) is 6.92 Å². The van der Waals surface area contributed by atoms with Crippen molar-refractivity contribution in [3.8, 4) is 22.9 Å². The van der Waals surface area contributed by atoms with Crippen LogP contribution in [0.15, 0.2) is 36.7 Å². The molecule has 0 radical (unpaired) electrons. The maximum absolute atomic E-state index is 14.0. The Hall–Kier alpha value is -2.60. The van der Waals surface area contributed by atoms with Gasteiger partial charge in [0.1, 0.15) is 17.7 Å². The third kappa shape index (κ3) is 7.44. The Morgan fingerprint density at radius 1 is 0.971 bits per heavy atom. The molecule has 1 atom stereocenters. The van der Waals surface area contributed by atoms with Gasteiger partial charge >= 0.3 is 23.7 Å². The molecular formula is C22H23ClF6N2O4. The third-order valence-corrected chi connectivity index (χ3v) is 4.73. The first-order valence-electron chi connectivity index (χ1n) is 10.4. The molecule has 0 saturated heterocycles. The summed E-state index contributed by atoms with van der Waals surface area (Å²) >= 11 is 5.61. The number of ether oxygens (including phenoxy) is 3. The van der Waals surface area contributed by atoms with Crippen LogP contribution in [0.1, 0.15) is 26.7 Å². The van der Waals surface area contributed by atoms with Gasteiger partial charge in [-0.1, -0.05) is 13.3 Å². The van der Waals surface area contributed by atoms with Gasteiger partial charge in [-0.05, 0) is 37.6 Å². The lowest BCUT2D eigenvalue weighted by atomic mass is 10.1. The number of aromatic nitrogens is 2. The van der Waals surface area contributed by atoms with Crippen molar-refractivity contribution in [1.82, 2.24) is 9.97 Å². The summed E-state index contributed by atoms with van der Waals surface area (Å²) in [5.41, 5.74) is 0.440. The molecule has 2 rings (SSSR count). The fraction of sp³-hybridized carbons (Fsp3) is 0.500. The van der Waals surface area contributed by atoms with E-state index >= 15 is 0 Å². The van der Waals surface area contributed by atoms with Crippen molar-refractivity contribution < 1.29 is 45.3 Å². The number of alkyl halides is 7. The Balaban J connectivity index is 2.00. The fourth-order valence-electron chi connectivity index (χ4n) is 2.48. The summed E-state index contributed by atoms with van der Waals surface area (Å²) in [6.45, 7) is -0.977. The van der Waals surface area contributed by atoms with Crippen molar-refractivity contribution in [2.75, 3.05) is 19.8 Å². The Morgan fingerprint density at radius 2 is 1.54 bits per heavy atom. The topological polar surface area (TPSA) is 70.5 Å². The molecule has 6 nitrogen and oxygen atoms in total. The highest BCUT2D eigenvalue weighted by Gasteiger charge is 2.71. The van der Waals surface area contributed by atoms with Gasteiger partial charge in [0.05, 0.1) is 12.4 Å². The number of unbranched alkanes of at least 4 members (excludes halogenated alkanes) is 1. The van der Waals surface area contributed by atoms with Gasteiger partial charge in [-0.2, -0.15) is 26.3 Å². The second kappa shape index (κ2) is 11.9. The third-order valence-electron chi connectivity index (χ3n) is 4.55. The molecule has 0 aliphatic carbocycles. The predicted molar refractivity (Wildman–Crippen MR) is 114 cm³/mol. The predicted octanol–water partition coefficient (Wildman–Crippen LogP) is 5.78. The van der Waals surface area contributed by atoms with Crippen molar-refractivity contribution in [2.24, 2.45) is 0 Å². The number of rotatable bonds is 13. The molecule has 0 aliphatic heterocycles. The molecule has 0 spiro atoms. The lowest BCUT2D eigenvalue weighted by Gasteiger charge is -2.32. The summed E-state index contributed by atoms with van der Waals surface area (Å²) in [5, 5.41) is -0.844. The van der Waals surface area contributed by atoms with Crippen LogP contribution in [-0.4, -0.2) is 58.9 Å². The lowest BCUT2D eigenvalue weighted by molar-refractivity contribution is -0.324. The van der Waals surface area contributed by atoms with E-state index in [0.29, 0.717) is 18.4 Å². The van der Waals surface area contributed by atoms with Crippen LogP contribution >= 0.6 is 11.6 Å². The summed E-state index contributed by atoms with van der Waals surface area (Å²) < 4.78 is 97.3. The van der Waals surface area contributed by atoms with Gasteiger partial charge < -0.3 is 14.2 Å². The largest absolute Gasteiger partial charge is 0.484 e. The molecule has 2 aromatic rings. The van der Waals surface area contributed by atoms with Crippen molar-refractivity contribution in [3.63, 3.8) is 0 Å². The number of benzene rings is 1. The summed E-state index contributed by atoms with van der Waals surface area (Å²) in [7, 11) is 0. The molecule has 0 fully saturated rings. The van der Waals surface area contributed by atoms with Gasteiger partial charge in [-0.3, -0.25) is 4.79 Å². The summed E-state index contributed by atoms with van der Waals surface area (Å²) in [5.74, 6) is -16.8. The van der Waals surface area contributed by atoms with Crippen molar-refractivity contribution in [3.05, 3.63) is 36.7 Å². The molecule has 0 aliphatic rings. The molecule has 1 heterocycles. The van der Waals surface area contributed by atoms with Gasteiger partial charge in [0.15, 0.2) is 18.2 Å². The molecule has 0 unspecified atom stereocenters. The average Bonchev–Trinajstić information content (AvgIpc) is 2.81. The fourth-order valence-corrected chi connectivity index (χ4v) is 2.52. The van der Waals surface area contributed by atoms with Crippen molar-refractivity contribution >= 4 is 17.6 Å². The zero-order valence-electron chi connectivity index (χ0n) is 18.8. The monoisotopic (exact) mass is 528 g/mol. The average molecular weight is 529 g/mol. The second-order valence-corrected chi connectivity index (χ2v) is 8.14. The molecule has 1 aromatic heterocycles. The van der Waals surface area contributed by atoms with E-state index in [9.17, 15) is 31.1 Å². The van der Waals surface area contributed by atoms with Crippen molar-refractivity contribution in [2.45, 2.75) is 49.8 Å². The number of esters is 1. The Morgan fingerprint density at radius 3 is 2.09 bits per heavy atom. The second-order valence-electron chi connectivity index (χ2n) is 7.48. The highest BCUT2D eigenvalue weighted by molar-refractivity contribution is 6.29. The van der Waals surface area contributed by atoms with Gasteiger partial charge in [0.25, 0.3) is 0 Å². The standard InChI is InChI=1S/C22H23ClF6N2O4/c1-3-4-9-33-12-20(24,25)22(28,29)21(26,27)13-34-17-10-30-18(31-11-17)15-5-7-16(8-6-15)35-19(32)14(2)23/h5-8,10-11,14H,3-4,9,12-13H2,1-2H3/t14-/m0/s1. The molecule has 1 aromatic carbocycles. The smallest absolute Gasteiger partial charge is 0.377 e.